The Hall–Kier alpha value is -0.670. The Kier molecular flexibility index (Phi) is 7.47. The van der Waals surface area contributed by atoms with E-state index in [9.17, 15) is 13.2 Å². The molecule has 1 saturated carbocycles. The number of carbonyl (C=O) groups excluding carboxylic acids is 1. The average Bonchev–Trinajstić information content (AvgIpc) is 3.29. The van der Waals surface area contributed by atoms with Gasteiger partial charge in [-0.05, 0) is 43.9 Å². The number of esters is 1. The molecule has 1 aromatic rings. The van der Waals surface area contributed by atoms with E-state index >= 15 is 0 Å². The number of nitrogens with two attached hydrogens (primary N) is 1. The van der Waals surface area contributed by atoms with Crippen LogP contribution in [0.5, 0.6) is 0 Å². The molecule has 9 heteroatoms. The first-order chi connectivity index (χ1) is 10.4. The first-order valence-electron chi connectivity index (χ1n) is 7.07. The smallest absolute Gasteiger partial charge is 0.338 e. The molecule has 1 aliphatic carbocycles. The number of nitrogens with one attached hydrogen (secondary N) is 1. The molecule has 3 N–H and O–H groups in total. The summed E-state index contributed by atoms with van der Waals surface area (Å²) >= 11 is 3.22. The maximum atomic E-state index is 12.5. The fourth-order valence-corrected chi connectivity index (χ4v) is 4.19. The van der Waals surface area contributed by atoms with E-state index in [0.29, 0.717) is 10.4 Å². The van der Waals surface area contributed by atoms with Gasteiger partial charge >= 0.3 is 5.97 Å². The highest BCUT2D eigenvalue weighted by Crippen LogP contribution is 2.33. The van der Waals surface area contributed by atoms with Crippen LogP contribution in [0.15, 0.2) is 27.6 Å². The van der Waals surface area contributed by atoms with Crippen LogP contribution in [0.25, 0.3) is 0 Å². The molecule has 0 amide bonds. The second-order valence-electron chi connectivity index (χ2n) is 5.20. The Morgan fingerprint density at radius 1 is 1.43 bits per heavy atom. The molecule has 130 valence electrons. The van der Waals surface area contributed by atoms with Gasteiger partial charge in [-0.2, -0.15) is 0 Å². The Balaban J connectivity index is 0.00000264. The highest BCUT2D eigenvalue weighted by atomic mass is 79.9. The van der Waals surface area contributed by atoms with E-state index in [4.69, 9.17) is 10.5 Å². The number of sulfonamides is 1. The maximum Gasteiger partial charge on any atom is 0.338 e. The quantitative estimate of drug-likeness (QED) is 0.649. The number of rotatable bonds is 7. The Morgan fingerprint density at radius 2 is 2.09 bits per heavy atom. The van der Waals surface area contributed by atoms with Crippen LogP contribution >= 0.6 is 28.3 Å². The average molecular weight is 428 g/mol. The molecule has 1 fully saturated rings. The molecule has 0 spiro atoms. The number of hydrogen-bond donors (Lipinski definition) is 2. The molecule has 0 saturated heterocycles. The number of benzene rings is 1. The van der Waals surface area contributed by atoms with Gasteiger partial charge in [-0.15, -0.1) is 12.4 Å². The van der Waals surface area contributed by atoms with Crippen molar-refractivity contribution in [2.24, 2.45) is 11.7 Å². The van der Waals surface area contributed by atoms with Crippen LogP contribution in [0.1, 0.15) is 30.1 Å². The van der Waals surface area contributed by atoms with E-state index in [2.05, 4.69) is 20.7 Å². The van der Waals surface area contributed by atoms with Gasteiger partial charge in [0.15, 0.2) is 0 Å². The summed E-state index contributed by atoms with van der Waals surface area (Å²) in [5, 5.41) is 0. The predicted octanol–water partition coefficient (Wildman–Crippen LogP) is 2.06. The van der Waals surface area contributed by atoms with Gasteiger partial charge in [0.25, 0.3) is 0 Å². The van der Waals surface area contributed by atoms with Gasteiger partial charge in [-0.25, -0.2) is 17.9 Å². The van der Waals surface area contributed by atoms with Gasteiger partial charge in [0.1, 0.15) is 0 Å². The number of hydrogen-bond acceptors (Lipinski definition) is 5. The Labute approximate surface area is 150 Å². The van der Waals surface area contributed by atoms with Gasteiger partial charge < -0.3 is 10.5 Å². The molecular weight excluding hydrogens is 408 g/mol. The van der Waals surface area contributed by atoms with E-state index in [1.807, 2.05) is 0 Å². The van der Waals surface area contributed by atoms with Crippen LogP contribution in [0.2, 0.25) is 0 Å². The first-order valence-corrected chi connectivity index (χ1v) is 9.35. The SMILES string of the molecule is CCOC(=O)c1cc(Br)cc(S(=O)(=O)NC(CN)C2CC2)c1.Cl. The van der Waals surface area contributed by atoms with Crippen molar-refractivity contribution in [3.8, 4) is 0 Å². The lowest BCUT2D eigenvalue weighted by molar-refractivity contribution is 0.0526. The molecule has 1 atom stereocenters. The van der Waals surface area contributed by atoms with Crippen LogP contribution in [0, 0.1) is 5.92 Å². The molecule has 6 nitrogen and oxygen atoms in total. The molecule has 2 rings (SSSR count). The number of carbonyl (C=O) groups is 1. The normalized spacial score (nSPS) is 15.6. The fraction of sp³-hybridized carbons (Fsp3) is 0.500. The Bertz CT molecular complexity index is 665. The summed E-state index contributed by atoms with van der Waals surface area (Å²) < 4.78 is 33.0. The van der Waals surface area contributed by atoms with Gasteiger partial charge in [0, 0.05) is 17.1 Å². The topological polar surface area (TPSA) is 98.5 Å². The minimum Gasteiger partial charge on any atom is -0.462 e. The van der Waals surface area contributed by atoms with E-state index < -0.39 is 16.0 Å². The second-order valence-corrected chi connectivity index (χ2v) is 7.83. The Morgan fingerprint density at radius 3 is 2.61 bits per heavy atom. The largest absolute Gasteiger partial charge is 0.462 e. The molecule has 1 unspecified atom stereocenters. The summed E-state index contributed by atoms with van der Waals surface area (Å²) in [7, 11) is -3.74. The summed E-state index contributed by atoms with van der Waals surface area (Å²) in [6.45, 7) is 2.17. The first kappa shape index (κ1) is 20.4. The van der Waals surface area contributed by atoms with E-state index in [1.165, 1.54) is 18.2 Å². The minimum absolute atomic E-state index is 0. The van der Waals surface area contributed by atoms with Crippen LogP contribution in [-0.2, 0) is 14.8 Å². The second kappa shape index (κ2) is 8.43. The lowest BCUT2D eigenvalue weighted by Gasteiger charge is -2.16. The van der Waals surface area contributed by atoms with Crippen molar-refractivity contribution in [2.75, 3.05) is 13.2 Å². The highest BCUT2D eigenvalue weighted by molar-refractivity contribution is 9.10. The molecule has 0 radical (unpaired) electrons. The van der Waals surface area contributed by atoms with Crippen LogP contribution in [0.4, 0.5) is 0 Å². The van der Waals surface area contributed by atoms with E-state index in [-0.39, 0.29) is 42.1 Å². The zero-order chi connectivity index (χ0) is 16.3. The van der Waals surface area contributed by atoms with Crippen molar-refractivity contribution in [2.45, 2.75) is 30.7 Å². The molecule has 1 aromatic carbocycles. The molecule has 0 aliphatic heterocycles. The molecule has 0 heterocycles. The van der Waals surface area contributed by atoms with Gasteiger partial charge in [-0.1, -0.05) is 15.9 Å². The van der Waals surface area contributed by atoms with Gasteiger partial charge in [0.05, 0.1) is 17.1 Å². The monoisotopic (exact) mass is 426 g/mol. The van der Waals surface area contributed by atoms with Crippen molar-refractivity contribution in [1.82, 2.24) is 4.72 Å². The third-order valence-corrected chi connectivity index (χ3v) is 5.37. The predicted molar refractivity (Wildman–Crippen MR) is 93.2 cm³/mol. The molecule has 1 aliphatic rings. The van der Waals surface area contributed by atoms with E-state index in [1.54, 1.807) is 6.92 Å². The third kappa shape index (κ3) is 5.42. The summed E-state index contributed by atoms with van der Waals surface area (Å²) in [4.78, 5) is 11.8. The standard InChI is InChI=1S/C14H19BrN2O4S.ClH/c1-2-21-14(18)10-5-11(15)7-12(6-10)22(19,20)17-13(8-16)9-3-4-9;/h5-7,9,13,17H,2-4,8,16H2,1H3;1H. The third-order valence-electron chi connectivity index (χ3n) is 3.44. The lowest BCUT2D eigenvalue weighted by atomic mass is 10.2. The van der Waals surface area contributed by atoms with Crippen molar-refractivity contribution in [1.29, 1.82) is 0 Å². The van der Waals surface area contributed by atoms with Crippen molar-refractivity contribution >= 4 is 44.3 Å². The summed E-state index contributed by atoms with van der Waals surface area (Å²) in [6.07, 6.45) is 1.97. The molecule has 23 heavy (non-hydrogen) atoms. The summed E-state index contributed by atoms with van der Waals surface area (Å²) in [6, 6.07) is 4.02. The van der Waals surface area contributed by atoms with Gasteiger partial charge in [-0.3, -0.25) is 0 Å². The van der Waals surface area contributed by atoms with Crippen molar-refractivity contribution in [3.05, 3.63) is 28.2 Å². The van der Waals surface area contributed by atoms with Crippen molar-refractivity contribution in [3.63, 3.8) is 0 Å². The van der Waals surface area contributed by atoms with Crippen molar-refractivity contribution < 1.29 is 17.9 Å². The van der Waals surface area contributed by atoms with Gasteiger partial charge in [0.2, 0.25) is 10.0 Å². The maximum absolute atomic E-state index is 12.5. The van der Waals surface area contributed by atoms with E-state index in [0.717, 1.165) is 12.8 Å². The summed E-state index contributed by atoms with van der Waals surface area (Å²) in [5.41, 5.74) is 5.82. The zero-order valence-electron chi connectivity index (χ0n) is 12.6. The lowest BCUT2D eigenvalue weighted by Crippen LogP contribution is -2.41. The molecule has 0 aromatic heterocycles. The summed E-state index contributed by atoms with van der Waals surface area (Å²) in [5.74, 6) is -0.255. The zero-order valence-corrected chi connectivity index (χ0v) is 15.8. The molecule has 0 bridgehead atoms. The number of halogens is 2. The molecular formula is C14H20BrClN2O4S. The van der Waals surface area contributed by atoms with Crippen LogP contribution < -0.4 is 10.5 Å². The van der Waals surface area contributed by atoms with Crippen LogP contribution in [-0.4, -0.2) is 33.6 Å². The minimum atomic E-state index is -3.74. The number of ether oxygens (including phenoxy) is 1. The van der Waals surface area contributed by atoms with Crippen LogP contribution in [0.3, 0.4) is 0 Å². The highest BCUT2D eigenvalue weighted by Gasteiger charge is 2.33. The fourth-order valence-electron chi connectivity index (χ4n) is 2.15.